The highest BCUT2D eigenvalue weighted by molar-refractivity contribution is 5.87. The second kappa shape index (κ2) is 7.17. The van der Waals surface area contributed by atoms with Crippen LogP contribution in [0.3, 0.4) is 0 Å². The summed E-state index contributed by atoms with van der Waals surface area (Å²) in [5.74, 6) is -0.00901. The highest BCUT2D eigenvalue weighted by Gasteiger charge is 2.15. The van der Waals surface area contributed by atoms with Crippen LogP contribution in [0, 0.1) is 6.92 Å². The second-order valence-electron chi connectivity index (χ2n) is 5.72. The van der Waals surface area contributed by atoms with Gasteiger partial charge in [0.15, 0.2) is 5.82 Å². The van der Waals surface area contributed by atoms with Crippen molar-refractivity contribution in [3.05, 3.63) is 71.0 Å². The van der Waals surface area contributed by atoms with Crippen LogP contribution in [0.4, 0.5) is 0 Å². The van der Waals surface area contributed by atoms with Crippen LogP contribution in [-0.2, 0) is 13.0 Å². The number of benzene rings is 1. The number of aromatic carboxylic acids is 1. The Hall–Kier alpha value is -3.15. The Kier molecular flexibility index (Phi) is 4.79. The predicted octanol–water partition coefficient (Wildman–Crippen LogP) is 3.42. The Morgan fingerprint density at radius 1 is 1.24 bits per heavy atom. The Morgan fingerprint density at radius 2 is 2.00 bits per heavy atom. The maximum atomic E-state index is 11.2. The van der Waals surface area contributed by atoms with Gasteiger partial charge in [0.2, 0.25) is 5.88 Å². The number of carboxylic acids is 1. The molecule has 0 atom stereocenters. The molecule has 3 aromatic rings. The Balaban J connectivity index is 1.91. The summed E-state index contributed by atoms with van der Waals surface area (Å²) in [4.78, 5) is 15.4. The quantitative estimate of drug-likeness (QED) is 0.746. The minimum absolute atomic E-state index is 0.156. The number of aromatic nitrogens is 3. The zero-order valence-corrected chi connectivity index (χ0v) is 14.1. The van der Waals surface area contributed by atoms with Crippen molar-refractivity contribution in [3.8, 4) is 11.7 Å². The molecule has 6 heteroatoms. The summed E-state index contributed by atoms with van der Waals surface area (Å²) in [5.41, 5.74) is 3.34. The van der Waals surface area contributed by atoms with E-state index in [-0.39, 0.29) is 5.56 Å². The van der Waals surface area contributed by atoms with Gasteiger partial charge in [0, 0.05) is 11.8 Å². The minimum Gasteiger partial charge on any atom is -0.478 e. The molecule has 128 valence electrons. The summed E-state index contributed by atoms with van der Waals surface area (Å²) < 4.78 is 7.53. The van der Waals surface area contributed by atoms with Crippen molar-refractivity contribution >= 4 is 5.97 Å². The van der Waals surface area contributed by atoms with E-state index in [2.05, 4.69) is 10.1 Å². The van der Waals surface area contributed by atoms with Gasteiger partial charge in [-0.3, -0.25) is 0 Å². The average molecular weight is 337 g/mol. The summed E-state index contributed by atoms with van der Waals surface area (Å²) in [6, 6.07) is 11.0. The average Bonchev–Trinajstić information content (AvgIpc) is 3.04. The van der Waals surface area contributed by atoms with Crippen LogP contribution in [-0.4, -0.2) is 25.8 Å². The molecule has 0 bridgehead atoms. The smallest absolute Gasteiger partial charge is 0.335 e. The van der Waals surface area contributed by atoms with E-state index in [4.69, 9.17) is 9.84 Å². The lowest BCUT2D eigenvalue weighted by Gasteiger charge is -2.11. The number of rotatable bonds is 6. The van der Waals surface area contributed by atoms with E-state index in [1.165, 1.54) is 23.9 Å². The van der Waals surface area contributed by atoms with E-state index in [1.54, 1.807) is 10.9 Å². The van der Waals surface area contributed by atoms with E-state index in [9.17, 15) is 4.79 Å². The Labute approximate surface area is 145 Å². The molecule has 1 N–H and O–H groups in total. The molecule has 0 aliphatic heterocycles. The van der Waals surface area contributed by atoms with Crippen LogP contribution in [0.15, 0.2) is 48.8 Å². The first-order valence-corrected chi connectivity index (χ1v) is 8.03. The fourth-order valence-electron chi connectivity index (χ4n) is 2.43. The lowest BCUT2D eigenvalue weighted by molar-refractivity contribution is 0.0696. The molecule has 0 saturated heterocycles. The van der Waals surface area contributed by atoms with Gasteiger partial charge in [-0.25, -0.2) is 9.78 Å². The van der Waals surface area contributed by atoms with E-state index < -0.39 is 5.97 Å². The molecule has 2 aromatic heterocycles. The number of aryl methyl sites for hydroxylation is 2. The lowest BCUT2D eigenvalue weighted by atomic mass is 10.2. The van der Waals surface area contributed by atoms with Gasteiger partial charge in [-0.05, 0) is 31.0 Å². The number of ether oxygens (including phenoxy) is 1. The van der Waals surface area contributed by atoms with Gasteiger partial charge in [-0.1, -0.05) is 36.8 Å². The molecular formula is C19H19N3O3. The van der Waals surface area contributed by atoms with E-state index in [0.29, 0.717) is 18.3 Å². The van der Waals surface area contributed by atoms with Crippen LogP contribution < -0.4 is 4.74 Å². The standard InChI is InChI=1S/C19H19N3O3/c1-3-15-11-21-22(17-10-16(19(23)24)8-9-20-17)18(15)25-12-14-6-4-13(2)5-7-14/h4-11H,3,12H2,1-2H3,(H,23,24). The maximum absolute atomic E-state index is 11.2. The van der Waals surface area contributed by atoms with Gasteiger partial charge < -0.3 is 9.84 Å². The third-order valence-electron chi connectivity index (χ3n) is 3.88. The molecule has 0 aliphatic carbocycles. The van der Waals surface area contributed by atoms with E-state index >= 15 is 0 Å². The molecule has 0 aliphatic rings. The zero-order valence-electron chi connectivity index (χ0n) is 14.1. The van der Waals surface area contributed by atoms with Gasteiger partial charge in [0.1, 0.15) is 6.61 Å². The highest BCUT2D eigenvalue weighted by atomic mass is 16.5. The van der Waals surface area contributed by atoms with Crippen LogP contribution >= 0.6 is 0 Å². The van der Waals surface area contributed by atoms with Crippen molar-refractivity contribution in [2.24, 2.45) is 0 Å². The van der Waals surface area contributed by atoms with Gasteiger partial charge in [-0.2, -0.15) is 9.78 Å². The molecule has 25 heavy (non-hydrogen) atoms. The zero-order chi connectivity index (χ0) is 17.8. The molecule has 0 spiro atoms. The summed E-state index contributed by atoms with van der Waals surface area (Å²) in [6.45, 7) is 4.45. The molecular weight excluding hydrogens is 318 g/mol. The molecule has 0 radical (unpaired) electrons. The summed E-state index contributed by atoms with van der Waals surface area (Å²) in [5, 5.41) is 13.5. The van der Waals surface area contributed by atoms with Crippen LogP contribution in [0.2, 0.25) is 0 Å². The van der Waals surface area contributed by atoms with Crippen LogP contribution in [0.1, 0.15) is 34.0 Å². The number of nitrogens with zero attached hydrogens (tertiary/aromatic N) is 3. The first-order chi connectivity index (χ1) is 12.1. The van der Waals surface area contributed by atoms with Crippen molar-refractivity contribution in [1.82, 2.24) is 14.8 Å². The monoisotopic (exact) mass is 337 g/mol. The summed E-state index contributed by atoms with van der Waals surface area (Å²) in [6.07, 6.45) is 3.93. The van der Waals surface area contributed by atoms with Crippen molar-refractivity contribution < 1.29 is 14.6 Å². The van der Waals surface area contributed by atoms with Gasteiger partial charge in [0.25, 0.3) is 0 Å². The van der Waals surface area contributed by atoms with E-state index in [0.717, 1.165) is 17.5 Å². The summed E-state index contributed by atoms with van der Waals surface area (Å²) in [7, 11) is 0. The summed E-state index contributed by atoms with van der Waals surface area (Å²) >= 11 is 0. The topological polar surface area (TPSA) is 77.2 Å². The SMILES string of the molecule is CCc1cnn(-c2cc(C(=O)O)ccn2)c1OCc1ccc(C)cc1. The molecule has 3 rings (SSSR count). The van der Waals surface area contributed by atoms with E-state index in [1.807, 2.05) is 38.1 Å². The fourth-order valence-corrected chi connectivity index (χ4v) is 2.43. The Morgan fingerprint density at radius 3 is 2.68 bits per heavy atom. The van der Waals surface area contributed by atoms with Crippen molar-refractivity contribution in [2.75, 3.05) is 0 Å². The number of carboxylic acid groups (broad SMARTS) is 1. The number of hydrogen-bond donors (Lipinski definition) is 1. The van der Waals surface area contributed by atoms with Crippen LogP contribution in [0.5, 0.6) is 5.88 Å². The molecule has 1 aromatic carbocycles. The number of pyridine rings is 1. The minimum atomic E-state index is -1.01. The van der Waals surface area contributed by atoms with Crippen LogP contribution in [0.25, 0.3) is 5.82 Å². The second-order valence-corrected chi connectivity index (χ2v) is 5.72. The third-order valence-corrected chi connectivity index (χ3v) is 3.88. The largest absolute Gasteiger partial charge is 0.478 e. The number of carbonyl (C=O) groups is 1. The molecule has 0 saturated carbocycles. The van der Waals surface area contributed by atoms with Gasteiger partial charge >= 0.3 is 5.97 Å². The number of hydrogen-bond acceptors (Lipinski definition) is 4. The van der Waals surface area contributed by atoms with Crippen molar-refractivity contribution in [1.29, 1.82) is 0 Å². The van der Waals surface area contributed by atoms with Gasteiger partial charge in [0.05, 0.1) is 11.8 Å². The first kappa shape index (κ1) is 16.7. The van der Waals surface area contributed by atoms with Gasteiger partial charge in [-0.15, -0.1) is 0 Å². The molecule has 2 heterocycles. The molecule has 6 nitrogen and oxygen atoms in total. The maximum Gasteiger partial charge on any atom is 0.335 e. The molecule has 0 unspecified atom stereocenters. The van der Waals surface area contributed by atoms with Crippen molar-refractivity contribution in [2.45, 2.75) is 26.9 Å². The normalized spacial score (nSPS) is 10.6. The Bertz CT molecular complexity index is 885. The first-order valence-electron chi connectivity index (χ1n) is 8.03. The third kappa shape index (κ3) is 3.68. The molecule has 0 fully saturated rings. The van der Waals surface area contributed by atoms with Crippen molar-refractivity contribution in [3.63, 3.8) is 0 Å². The predicted molar refractivity (Wildman–Crippen MR) is 93.2 cm³/mol. The lowest BCUT2D eigenvalue weighted by Crippen LogP contribution is -2.07. The fraction of sp³-hybridized carbons (Fsp3) is 0.211. The highest BCUT2D eigenvalue weighted by Crippen LogP contribution is 2.24. The molecule has 0 amide bonds.